The molecular formula is C9H7F3N2O6. The van der Waals surface area contributed by atoms with Crippen LogP contribution in [0.15, 0.2) is 16.5 Å². The molecule has 1 heterocycles. The highest BCUT2D eigenvalue weighted by Gasteiger charge is 2.58. The van der Waals surface area contributed by atoms with Gasteiger partial charge in [0.2, 0.25) is 5.54 Å². The summed E-state index contributed by atoms with van der Waals surface area (Å²) in [6.45, 7) is 0.241. The number of carbonyl (C=O) groups excluding carboxylic acids is 1. The first-order valence-corrected chi connectivity index (χ1v) is 4.86. The van der Waals surface area contributed by atoms with Gasteiger partial charge in [0, 0.05) is 0 Å². The highest BCUT2D eigenvalue weighted by molar-refractivity contribution is 5.96. The van der Waals surface area contributed by atoms with Gasteiger partial charge < -0.3 is 14.8 Å². The first kappa shape index (κ1) is 15.5. The van der Waals surface area contributed by atoms with Gasteiger partial charge in [0.1, 0.15) is 4.92 Å². The van der Waals surface area contributed by atoms with Crippen LogP contribution in [0.1, 0.15) is 17.5 Å². The maximum absolute atomic E-state index is 12.6. The van der Waals surface area contributed by atoms with E-state index in [9.17, 15) is 32.9 Å². The van der Waals surface area contributed by atoms with E-state index in [1.165, 1.54) is 5.32 Å². The van der Waals surface area contributed by atoms with Crippen molar-refractivity contribution in [3.05, 3.63) is 28.0 Å². The number of rotatable bonds is 4. The van der Waals surface area contributed by atoms with E-state index >= 15 is 0 Å². The number of halogens is 3. The Balaban J connectivity index is 3.03. The summed E-state index contributed by atoms with van der Waals surface area (Å²) in [6, 6.07) is 1.51. The minimum Gasteiger partial charge on any atom is -0.479 e. The zero-order valence-electron chi connectivity index (χ0n) is 9.72. The van der Waals surface area contributed by atoms with Crippen LogP contribution in [0.3, 0.4) is 0 Å². The van der Waals surface area contributed by atoms with Crippen molar-refractivity contribution in [1.82, 2.24) is 5.32 Å². The Labute approximate surface area is 108 Å². The van der Waals surface area contributed by atoms with Crippen molar-refractivity contribution in [2.45, 2.75) is 18.6 Å². The lowest BCUT2D eigenvalue weighted by Crippen LogP contribution is -2.61. The molecule has 1 unspecified atom stereocenters. The van der Waals surface area contributed by atoms with E-state index in [0.29, 0.717) is 0 Å². The summed E-state index contributed by atoms with van der Waals surface area (Å²) in [4.78, 5) is 31.4. The van der Waals surface area contributed by atoms with E-state index in [-0.39, 0.29) is 6.92 Å². The average molecular weight is 296 g/mol. The normalized spacial score (nSPS) is 14.4. The largest absolute Gasteiger partial charge is 0.479 e. The summed E-state index contributed by atoms with van der Waals surface area (Å²) in [5, 5.41) is 20.1. The SMILES string of the molecule is CC(NC(=O)c1ccc([N+](=O)[O-])o1)(C(=O)O)C(F)(F)F. The predicted octanol–water partition coefficient (Wildman–Crippen LogP) is 1.32. The lowest BCUT2D eigenvalue weighted by Gasteiger charge is -2.27. The number of carbonyl (C=O) groups is 2. The number of alkyl halides is 3. The van der Waals surface area contributed by atoms with Crippen molar-refractivity contribution in [3.8, 4) is 0 Å². The van der Waals surface area contributed by atoms with Gasteiger partial charge in [0.15, 0.2) is 5.76 Å². The maximum atomic E-state index is 12.6. The third kappa shape index (κ3) is 2.70. The van der Waals surface area contributed by atoms with Crippen LogP contribution in [-0.2, 0) is 4.79 Å². The minimum absolute atomic E-state index is 0.241. The first-order chi connectivity index (χ1) is 8.99. The number of amides is 1. The molecule has 11 heteroatoms. The number of carboxylic acid groups (broad SMARTS) is 1. The summed E-state index contributed by atoms with van der Waals surface area (Å²) < 4.78 is 42.3. The smallest absolute Gasteiger partial charge is 0.433 e. The van der Waals surface area contributed by atoms with Crippen LogP contribution in [0.4, 0.5) is 19.1 Å². The van der Waals surface area contributed by atoms with Gasteiger partial charge in [-0.15, -0.1) is 0 Å². The van der Waals surface area contributed by atoms with Crippen LogP contribution in [0, 0.1) is 10.1 Å². The first-order valence-electron chi connectivity index (χ1n) is 4.86. The Bertz CT molecular complexity index is 566. The lowest BCUT2D eigenvalue weighted by atomic mass is 10.0. The van der Waals surface area contributed by atoms with E-state index in [2.05, 4.69) is 4.42 Å². The molecule has 20 heavy (non-hydrogen) atoms. The Morgan fingerprint density at radius 3 is 2.30 bits per heavy atom. The van der Waals surface area contributed by atoms with Gasteiger partial charge in [0.05, 0.1) is 6.07 Å². The molecule has 0 radical (unpaired) electrons. The summed E-state index contributed by atoms with van der Waals surface area (Å²) in [7, 11) is 0. The molecule has 2 N–H and O–H groups in total. The average Bonchev–Trinajstić information content (AvgIpc) is 2.76. The van der Waals surface area contributed by atoms with Gasteiger partial charge in [-0.1, -0.05) is 0 Å². The van der Waals surface area contributed by atoms with Crippen molar-refractivity contribution in [1.29, 1.82) is 0 Å². The fourth-order valence-electron chi connectivity index (χ4n) is 1.08. The van der Waals surface area contributed by atoms with Crippen molar-refractivity contribution in [2.24, 2.45) is 0 Å². The van der Waals surface area contributed by atoms with Crippen molar-refractivity contribution in [3.63, 3.8) is 0 Å². The van der Waals surface area contributed by atoms with E-state index in [1.54, 1.807) is 0 Å². The molecule has 0 aliphatic heterocycles. The molecule has 0 saturated carbocycles. The third-order valence-electron chi connectivity index (χ3n) is 2.35. The van der Waals surface area contributed by atoms with Gasteiger partial charge in [-0.3, -0.25) is 14.9 Å². The van der Waals surface area contributed by atoms with E-state index in [4.69, 9.17) is 5.11 Å². The van der Waals surface area contributed by atoms with Gasteiger partial charge in [-0.05, 0) is 13.0 Å². The molecule has 0 bridgehead atoms. The molecule has 0 aliphatic rings. The summed E-state index contributed by atoms with van der Waals surface area (Å²) >= 11 is 0. The standard InChI is InChI=1S/C9H7F3N2O6/c1-8(7(16)17,9(10,11)12)13-6(15)4-2-3-5(20-4)14(18)19/h2-3H,1H3,(H,13,15)(H,16,17). The van der Waals surface area contributed by atoms with E-state index in [0.717, 1.165) is 12.1 Å². The van der Waals surface area contributed by atoms with Crippen LogP contribution < -0.4 is 5.32 Å². The third-order valence-corrected chi connectivity index (χ3v) is 2.35. The second kappa shape index (κ2) is 4.83. The highest BCUT2D eigenvalue weighted by atomic mass is 19.4. The summed E-state index contributed by atoms with van der Waals surface area (Å²) in [5.41, 5.74) is -3.55. The molecule has 1 atom stereocenters. The Hall–Kier alpha value is -2.59. The van der Waals surface area contributed by atoms with Crippen LogP contribution in [0.5, 0.6) is 0 Å². The van der Waals surface area contributed by atoms with Gasteiger partial charge in [-0.2, -0.15) is 13.2 Å². The maximum Gasteiger partial charge on any atom is 0.433 e. The number of aliphatic carboxylic acids is 1. The molecule has 8 nitrogen and oxygen atoms in total. The summed E-state index contributed by atoms with van der Waals surface area (Å²) in [5.74, 6) is -5.55. The van der Waals surface area contributed by atoms with Crippen molar-refractivity contribution in [2.75, 3.05) is 0 Å². The topological polar surface area (TPSA) is 123 Å². The Kier molecular flexibility index (Phi) is 3.73. The van der Waals surface area contributed by atoms with Crippen molar-refractivity contribution >= 4 is 17.8 Å². The lowest BCUT2D eigenvalue weighted by molar-refractivity contribution is -0.402. The molecule has 1 rings (SSSR count). The number of hydrogen-bond donors (Lipinski definition) is 2. The highest BCUT2D eigenvalue weighted by Crippen LogP contribution is 2.31. The molecule has 1 aromatic heterocycles. The Morgan fingerprint density at radius 2 is 1.95 bits per heavy atom. The molecule has 0 aromatic carbocycles. The van der Waals surface area contributed by atoms with Gasteiger partial charge >= 0.3 is 18.0 Å². The van der Waals surface area contributed by atoms with E-state index < -0.39 is 40.2 Å². The number of carboxylic acids is 1. The zero-order chi connectivity index (χ0) is 15.7. The molecule has 0 aliphatic carbocycles. The molecular weight excluding hydrogens is 289 g/mol. The second-order valence-corrected chi connectivity index (χ2v) is 3.78. The van der Waals surface area contributed by atoms with Gasteiger partial charge in [-0.25, -0.2) is 4.79 Å². The monoisotopic (exact) mass is 296 g/mol. The molecule has 0 fully saturated rings. The van der Waals surface area contributed by atoms with Crippen LogP contribution in [-0.4, -0.2) is 33.6 Å². The molecule has 0 saturated heterocycles. The number of hydrogen-bond acceptors (Lipinski definition) is 5. The fraction of sp³-hybridized carbons (Fsp3) is 0.333. The summed E-state index contributed by atoms with van der Waals surface area (Å²) in [6.07, 6.45) is -5.27. The van der Waals surface area contributed by atoms with Crippen LogP contribution in [0.25, 0.3) is 0 Å². The zero-order valence-corrected chi connectivity index (χ0v) is 9.72. The molecule has 110 valence electrons. The van der Waals surface area contributed by atoms with E-state index in [1.807, 2.05) is 0 Å². The molecule has 1 aromatic rings. The molecule has 1 amide bonds. The predicted molar refractivity (Wildman–Crippen MR) is 54.9 cm³/mol. The van der Waals surface area contributed by atoms with Gasteiger partial charge in [0.25, 0.3) is 5.91 Å². The quantitative estimate of drug-likeness (QED) is 0.638. The number of nitrogens with zero attached hydrogens (tertiary/aromatic N) is 1. The number of nitro groups is 1. The second-order valence-electron chi connectivity index (χ2n) is 3.78. The fourth-order valence-corrected chi connectivity index (χ4v) is 1.08. The number of nitrogens with one attached hydrogen (secondary N) is 1. The van der Waals surface area contributed by atoms with Crippen LogP contribution >= 0.6 is 0 Å². The number of furan rings is 1. The Morgan fingerprint density at radius 1 is 1.40 bits per heavy atom. The van der Waals surface area contributed by atoms with Crippen LogP contribution in [0.2, 0.25) is 0 Å². The minimum atomic E-state index is -5.27. The van der Waals surface area contributed by atoms with Crippen molar-refractivity contribution < 1.29 is 37.2 Å². The molecule has 0 spiro atoms.